The number of rotatable bonds is 4. The van der Waals surface area contributed by atoms with Gasteiger partial charge in [0, 0.05) is 12.6 Å². The number of hydrogen-bond acceptors (Lipinski definition) is 3. The first-order valence-corrected chi connectivity index (χ1v) is 5.60. The van der Waals surface area contributed by atoms with Crippen molar-refractivity contribution in [1.82, 2.24) is 0 Å². The van der Waals surface area contributed by atoms with E-state index < -0.39 is 0 Å². The van der Waals surface area contributed by atoms with Crippen molar-refractivity contribution < 1.29 is 4.74 Å². The lowest BCUT2D eigenvalue weighted by atomic mass is 9.99. The van der Waals surface area contributed by atoms with Crippen molar-refractivity contribution >= 4 is 11.4 Å². The summed E-state index contributed by atoms with van der Waals surface area (Å²) in [5, 5.41) is 0. The van der Waals surface area contributed by atoms with Crippen LogP contribution in [0.25, 0.3) is 0 Å². The third kappa shape index (κ3) is 2.23. The lowest BCUT2D eigenvalue weighted by molar-refractivity contribution is 0.416. The van der Waals surface area contributed by atoms with Crippen molar-refractivity contribution in [3.63, 3.8) is 0 Å². The molecule has 0 aliphatic heterocycles. The molecular weight excluding hydrogens is 200 g/mol. The van der Waals surface area contributed by atoms with E-state index in [1.165, 1.54) is 0 Å². The first-order chi connectivity index (χ1) is 7.44. The summed E-state index contributed by atoms with van der Waals surface area (Å²) in [6.45, 7) is 6.57. The minimum atomic E-state index is 0.0838. The van der Waals surface area contributed by atoms with Crippen LogP contribution in [0.4, 0.5) is 11.4 Å². The number of anilines is 2. The summed E-state index contributed by atoms with van der Waals surface area (Å²) in [6.07, 6.45) is 1.06. The fraction of sp³-hybridized carbons (Fsp3) is 0.538. The topological polar surface area (TPSA) is 38.5 Å². The zero-order chi connectivity index (χ0) is 12.3. The lowest BCUT2D eigenvalue weighted by Gasteiger charge is -2.37. The molecule has 3 heteroatoms. The number of methoxy groups -OCH3 is 1. The largest absolute Gasteiger partial charge is 0.495 e. The Morgan fingerprint density at radius 3 is 2.50 bits per heavy atom. The summed E-state index contributed by atoms with van der Waals surface area (Å²) >= 11 is 0. The maximum atomic E-state index is 6.08. The Morgan fingerprint density at radius 1 is 1.38 bits per heavy atom. The van der Waals surface area contributed by atoms with Crippen molar-refractivity contribution in [3.8, 4) is 5.75 Å². The second-order valence-corrected chi connectivity index (χ2v) is 4.62. The molecule has 1 aromatic carbocycles. The Balaban J connectivity index is 3.14. The zero-order valence-electron chi connectivity index (χ0n) is 10.9. The quantitative estimate of drug-likeness (QED) is 0.796. The summed E-state index contributed by atoms with van der Waals surface area (Å²) in [7, 11) is 3.70. The number of nitrogens with two attached hydrogens (primary N) is 1. The van der Waals surface area contributed by atoms with E-state index in [0.29, 0.717) is 5.69 Å². The van der Waals surface area contributed by atoms with Gasteiger partial charge < -0.3 is 15.4 Å². The molecule has 0 saturated carbocycles. The SMILES string of the molecule is CCC(C)(C)N(C)c1cccc(OC)c1N. The Morgan fingerprint density at radius 2 is 2.00 bits per heavy atom. The van der Waals surface area contributed by atoms with E-state index in [0.717, 1.165) is 17.9 Å². The highest BCUT2D eigenvalue weighted by Gasteiger charge is 2.23. The molecule has 90 valence electrons. The molecule has 0 unspecified atom stereocenters. The van der Waals surface area contributed by atoms with Crippen molar-refractivity contribution in [2.45, 2.75) is 32.7 Å². The number of benzene rings is 1. The monoisotopic (exact) mass is 222 g/mol. The Bertz CT molecular complexity index is 361. The van der Waals surface area contributed by atoms with Crippen LogP contribution in [0.3, 0.4) is 0 Å². The molecule has 1 rings (SSSR count). The predicted octanol–water partition coefficient (Wildman–Crippen LogP) is 2.90. The molecule has 1 aromatic rings. The van der Waals surface area contributed by atoms with Gasteiger partial charge in [-0.15, -0.1) is 0 Å². The Labute approximate surface area is 98.2 Å². The normalized spacial score (nSPS) is 11.3. The van der Waals surface area contributed by atoms with Gasteiger partial charge in [0.2, 0.25) is 0 Å². The molecule has 0 saturated heterocycles. The zero-order valence-corrected chi connectivity index (χ0v) is 10.9. The predicted molar refractivity (Wildman–Crippen MR) is 70.2 cm³/mol. The van der Waals surface area contributed by atoms with E-state index >= 15 is 0 Å². The van der Waals surface area contributed by atoms with Gasteiger partial charge >= 0.3 is 0 Å². The van der Waals surface area contributed by atoms with Crippen LogP contribution < -0.4 is 15.4 Å². The molecule has 0 spiro atoms. The number of ether oxygens (including phenoxy) is 1. The minimum absolute atomic E-state index is 0.0838. The van der Waals surface area contributed by atoms with E-state index in [1.807, 2.05) is 18.2 Å². The maximum Gasteiger partial charge on any atom is 0.143 e. The smallest absolute Gasteiger partial charge is 0.143 e. The van der Waals surface area contributed by atoms with Gasteiger partial charge in [-0.2, -0.15) is 0 Å². The number of hydrogen-bond donors (Lipinski definition) is 1. The van der Waals surface area contributed by atoms with Gasteiger partial charge in [0.25, 0.3) is 0 Å². The van der Waals surface area contributed by atoms with Crippen LogP contribution in [0, 0.1) is 0 Å². The fourth-order valence-electron chi connectivity index (χ4n) is 1.57. The molecule has 0 aliphatic carbocycles. The highest BCUT2D eigenvalue weighted by Crippen LogP contribution is 2.35. The van der Waals surface area contributed by atoms with Crippen LogP contribution in [0.15, 0.2) is 18.2 Å². The van der Waals surface area contributed by atoms with E-state index in [-0.39, 0.29) is 5.54 Å². The molecule has 16 heavy (non-hydrogen) atoms. The summed E-state index contributed by atoms with van der Waals surface area (Å²) < 4.78 is 5.23. The fourth-order valence-corrected chi connectivity index (χ4v) is 1.57. The molecule has 0 aliphatic rings. The average molecular weight is 222 g/mol. The number of nitrogens with zero attached hydrogens (tertiary/aromatic N) is 1. The van der Waals surface area contributed by atoms with Crippen LogP contribution >= 0.6 is 0 Å². The standard InChI is InChI=1S/C13H22N2O/c1-6-13(2,3)15(4)10-8-7-9-11(16-5)12(10)14/h7-9H,6,14H2,1-5H3. The van der Waals surface area contributed by atoms with Gasteiger partial charge in [-0.05, 0) is 32.4 Å². The van der Waals surface area contributed by atoms with Gasteiger partial charge in [-0.3, -0.25) is 0 Å². The highest BCUT2D eigenvalue weighted by atomic mass is 16.5. The summed E-state index contributed by atoms with van der Waals surface area (Å²) in [4.78, 5) is 2.20. The van der Waals surface area contributed by atoms with Gasteiger partial charge in [0.1, 0.15) is 5.75 Å². The van der Waals surface area contributed by atoms with Crippen LogP contribution in [-0.2, 0) is 0 Å². The molecule has 0 aromatic heterocycles. The number of nitrogen functional groups attached to an aromatic ring is 1. The molecule has 0 bridgehead atoms. The van der Waals surface area contributed by atoms with Crippen LogP contribution in [0.2, 0.25) is 0 Å². The van der Waals surface area contributed by atoms with Crippen LogP contribution in [0.1, 0.15) is 27.2 Å². The van der Waals surface area contributed by atoms with E-state index in [2.05, 4.69) is 32.7 Å². The molecule has 0 heterocycles. The van der Waals surface area contributed by atoms with Crippen molar-refractivity contribution in [2.75, 3.05) is 24.8 Å². The van der Waals surface area contributed by atoms with Gasteiger partial charge in [0.05, 0.1) is 18.5 Å². The summed E-state index contributed by atoms with van der Waals surface area (Å²) in [5.41, 5.74) is 7.89. The maximum absolute atomic E-state index is 6.08. The van der Waals surface area contributed by atoms with E-state index in [1.54, 1.807) is 7.11 Å². The van der Waals surface area contributed by atoms with Crippen molar-refractivity contribution in [2.24, 2.45) is 0 Å². The van der Waals surface area contributed by atoms with E-state index in [4.69, 9.17) is 10.5 Å². The number of para-hydroxylation sites is 1. The Hall–Kier alpha value is -1.38. The molecule has 0 amide bonds. The van der Waals surface area contributed by atoms with Gasteiger partial charge in [0.15, 0.2) is 0 Å². The molecular formula is C13H22N2O. The Kier molecular flexibility index (Phi) is 3.68. The minimum Gasteiger partial charge on any atom is -0.495 e. The van der Waals surface area contributed by atoms with Gasteiger partial charge in [-0.25, -0.2) is 0 Å². The highest BCUT2D eigenvalue weighted by molar-refractivity contribution is 5.74. The molecule has 2 N–H and O–H groups in total. The first kappa shape index (κ1) is 12.7. The second-order valence-electron chi connectivity index (χ2n) is 4.62. The second kappa shape index (κ2) is 4.64. The summed E-state index contributed by atoms with van der Waals surface area (Å²) in [5.74, 6) is 0.733. The third-order valence-electron chi connectivity index (χ3n) is 3.40. The molecule has 3 nitrogen and oxygen atoms in total. The molecule has 0 radical (unpaired) electrons. The van der Waals surface area contributed by atoms with Crippen molar-refractivity contribution in [1.29, 1.82) is 0 Å². The molecule has 0 atom stereocenters. The summed E-state index contributed by atoms with van der Waals surface area (Å²) in [6, 6.07) is 5.87. The van der Waals surface area contributed by atoms with Crippen molar-refractivity contribution in [3.05, 3.63) is 18.2 Å². The molecule has 0 fully saturated rings. The van der Waals surface area contributed by atoms with E-state index in [9.17, 15) is 0 Å². The van der Waals surface area contributed by atoms with Crippen LogP contribution in [0.5, 0.6) is 5.75 Å². The first-order valence-electron chi connectivity index (χ1n) is 5.60. The third-order valence-corrected chi connectivity index (χ3v) is 3.40. The van der Waals surface area contributed by atoms with Gasteiger partial charge in [-0.1, -0.05) is 13.0 Å². The lowest BCUT2D eigenvalue weighted by Crippen LogP contribution is -2.40. The average Bonchev–Trinajstić information content (AvgIpc) is 2.28. The van der Waals surface area contributed by atoms with Crippen LogP contribution in [-0.4, -0.2) is 19.7 Å².